The molecule has 2 N–H and O–H groups in total. The molecule has 0 radical (unpaired) electrons. The number of fused-ring (bicyclic) bond motifs is 1. The van der Waals surface area contributed by atoms with Crippen molar-refractivity contribution in [2.45, 2.75) is 13.0 Å². The summed E-state index contributed by atoms with van der Waals surface area (Å²) in [5, 5.41) is 7.94. The summed E-state index contributed by atoms with van der Waals surface area (Å²) in [6.07, 6.45) is 0.868. The number of aromatic nitrogens is 1. The summed E-state index contributed by atoms with van der Waals surface area (Å²) in [4.78, 5) is 22.6. The number of pyridine rings is 1. The molecule has 10 heteroatoms. The van der Waals surface area contributed by atoms with Gasteiger partial charge in [0.2, 0.25) is 0 Å². The molecule has 1 aliphatic heterocycles. The van der Waals surface area contributed by atoms with Crippen molar-refractivity contribution in [1.29, 1.82) is 0 Å². The fourth-order valence-corrected chi connectivity index (χ4v) is 5.18. The van der Waals surface area contributed by atoms with Gasteiger partial charge in [-0.1, -0.05) is 45.2 Å². The molecule has 0 bridgehead atoms. The van der Waals surface area contributed by atoms with Crippen LogP contribution in [0.1, 0.15) is 22.3 Å². The van der Waals surface area contributed by atoms with Crippen molar-refractivity contribution in [3.8, 4) is 5.75 Å². The van der Waals surface area contributed by atoms with E-state index in [1.54, 1.807) is 7.11 Å². The molecule has 1 amide bonds. The fraction of sp³-hybridized carbons (Fsp3) is 0.385. The number of piperazine rings is 1. The third kappa shape index (κ3) is 6.61. The number of ether oxygens (including phenoxy) is 1. The zero-order valence-corrected chi connectivity index (χ0v) is 23.5. The van der Waals surface area contributed by atoms with Gasteiger partial charge in [-0.3, -0.25) is 4.79 Å². The van der Waals surface area contributed by atoms with Gasteiger partial charge in [0, 0.05) is 49.1 Å². The minimum absolute atomic E-state index is 0.164. The van der Waals surface area contributed by atoms with Crippen molar-refractivity contribution in [3.63, 3.8) is 0 Å². The Hall–Kier alpha value is -2.10. The Labute approximate surface area is 230 Å². The van der Waals surface area contributed by atoms with E-state index in [9.17, 15) is 4.79 Å². The molecular weight excluding hydrogens is 565 g/mol. The van der Waals surface area contributed by atoms with Gasteiger partial charge in [-0.2, -0.15) is 0 Å². The lowest BCUT2D eigenvalue weighted by Crippen LogP contribution is -2.45. The second-order valence-corrected chi connectivity index (χ2v) is 10.6. The van der Waals surface area contributed by atoms with E-state index in [0.29, 0.717) is 40.6 Å². The Morgan fingerprint density at radius 1 is 1.14 bits per heavy atom. The van der Waals surface area contributed by atoms with Crippen molar-refractivity contribution in [2.75, 3.05) is 58.7 Å². The molecule has 0 aliphatic carbocycles. The highest BCUT2D eigenvalue weighted by molar-refractivity contribution is 9.10. The summed E-state index contributed by atoms with van der Waals surface area (Å²) in [5.74, 6) is 0.362. The van der Waals surface area contributed by atoms with Crippen LogP contribution < -0.4 is 15.4 Å². The van der Waals surface area contributed by atoms with E-state index in [-0.39, 0.29) is 11.1 Å². The zero-order valence-electron chi connectivity index (χ0n) is 20.4. The monoisotopic (exact) mass is 593 g/mol. The van der Waals surface area contributed by atoms with Gasteiger partial charge in [0.15, 0.2) is 0 Å². The molecule has 7 nitrogen and oxygen atoms in total. The smallest absolute Gasteiger partial charge is 0.256 e. The molecule has 0 saturated carbocycles. The van der Waals surface area contributed by atoms with Crippen molar-refractivity contribution >= 4 is 61.6 Å². The predicted octanol–water partition coefficient (Wildman–Crippen LogP) is 5.29. The molecular formula is C26H30BrCl2N5O2. The van der Waals surface area contributed by atoms with Crippen molar-refractivity contribution in [2.24, 2.45) is 0 Å². The lowest BCUT2D eigenvalue weighted by atomic mass is 10.1. The Bertz CT molecular complexity index is 1230. The highest BCUT2D eigenvalue weighted by atomic mass is 79.9. The molecule has 3 aromatic rings. The van der Waals surface area contributed by atoms with Gasteiger partial charge in [0.05, 0.1) is 23.3 Å². The summed E-state index contributed by atoms with van der Waals surface area (Å²) in [5.41, 5.74) is 2.61. The number of nitrogens with zero attached hydrogens (tertiary/aromatic N) is 3. The first-order chi connectivity index (χ1) is 17.4. The summed E-state index contributed by atoms with van der Waals surface area (Å²) < 4.78 is 6.13. The normalized spacial score (nSPS) is 14.7. The molecule has 1 aliphatic rings. The average molecular weight is 595 g/mol. The molecule has 0 spiro atoms. The van der Waals surface area contributed by atoms with E-state index in [0.717, 1.165) is 54.6 Å². The SMILES string of the molecule is COc1ccc(CNc2c(C(=O)NCCCN3CCN(C)CC3)c(Cl)nc3ccc(Br)cc23)cc1Cl. The quantitative estimate of drug-likeness (QED) is 0.259. The Balaban J connectivity index is 1.52. The molecule has 36 heavy (non-hydrogen) atoms. The maximum Gasteiger partial charge on any atom is 0.256 e. The zero-order chi connectivity index (χ0) is 25.7. The standard InChI is InChI=1S/C26H30BrCl2N5O2/c1-33-10-12-34(13-11-33)9-3-8-30-26(35)23-24(19-15-18(27)5-6-21(19)32-25(23)29)31-16-17-4-7-22(36-2)20(28)14-17/h4-7,14-15H,3,8-13,16H2,1-2H3,(H,30,35)(H,31,32). The molecule has 1 aromatic heterocycles. The lowest BCUT2D eigenvalue weighted by molar-refractivity contribution is 0.0950. The van der Waals surface area contributed by atoms with Gasteiger partial charge >= 0.3 is 0 Å². The molecule has 4 rings (SSSR count). The molecule has 1 fully saturated rings. The maximum atomic E-state index is 13.3. The first kappa shape index (κ1) is 26.9. The second kappa shape index (κ2) is 12.4. The van der Waals surface area contributed by atoms with Crippen LogP contribution in [-0.2, 0) is 6.54 Å². The van der Waals surface area contributed by atoms with Crippen LogP contribution in [-0.4, -0.2) is 74.1 Å². The van der Waals surface area contributed by atoms with Crippen LogP contribution in [0.15, 0.2) is 40.9 Å². The van der Waals surface area contributed by atoms with E-state index in [1.165, 1.54) is 0 Å². The Morgan fingerprint density at radius 3 is 2.64 bits per heavy atom. The maximum absolute atomic E-state index is 13.3. The van der Waals surface area contributed by atoms with Gasteiger partial charge in [-0.25, -0.2) is 4.98 Å². The number of likely N-dealkylation sites (N-methyl/N-ethyl adjacent to an activating group) is 1. The highest BCUT2D eigenvalue weighted by Crippen LogP contribution is 2.34. The van der Waals surface area contributed by atoms with Gasteiger partial charge in [-0.15, -0.1) is 0 Å². The van der Waals surface area contributed by atoms with Gasteiger partial charge < -0.3 is 25.2 Å². The van der Waals surface area contributed by atoms with Crippen molar-refractivity contribution in [3.05, 3.63) is 62.2 Å². The van der Waals surface area contributed by atoms with Crippen LogP contribution in [0, 0.1) is 0 Å². The van der Waals surface area contributed by atoms with Gasteiger partial charge in [0.1, 0.15) is 16.5 Å². The second-order valence-electron chi connectivity index (χ2n) is 8.89. The largest absolute Gasteiger partial charge is 0.495 e. The van der Waals surface area contributed by atoms with Crippen molar-refractivity contribution < 1.29 is 9.53 Å². The Kier molecular flexibility index (Phi) is 9.30. The summed E-state index contributed by atoms with van der Waals surface area (Å²) >= 11 is 16.4. The highest BCUT2D eigenvalue weighted by Gasteiger charge is 2.21. The molecule has 1 saturated heterocycles. The summed E-state index contributed by atoms with van der Waals surface area (Å²) in [6, 6.07) is 11.3. The van der Waals surface area contributed by atoms with E-state index in [2.05, 4.69) is 48.4 Å². The topological polar surface area (TPSA) is 69.7 Å². The van der Waals surface area contributed by atoms with Crippen molar-refractivity contribution in [1.82, 2.24) is 20.1 Å². The first-order valence-electron chi connectivity index (χ1n) is 11.9. The third-order valence-corrected chi connectivity index (χ3v) is 7.41. The van der Waals surface area contributed by atoms with Crippen LogP contribution in [0.5, 0.6) is 5.75 Å². The van der Waals surface area contributed by atoms with Crippen LogP contribution in [0.25, 0.3) is 10.9 Å². The van der Waals surface area contributed by atoms with Gasteiger partial charge in [0.25, 0.3) is 5.91 Å². The lowest BCUT2D eigenvalue weighted by Gasteiger charge is -2.32. The molecule has 0 atom stereocenters. The average Bonchev–Trinajstić information content (AvgIpc) is 2.86. The fourth-order valence-electron chi connectivity index (χ4n) is 4.27. The summed E-state index contributed by atoms with van der Waals surface area (Å²) in [7, 11) is 3.73. The van der Waals surface area contributed by atoms with E-state index in [4.69, 9.17) is 27.9 Å². The summed E-state index contributed by atoms with van der Waals surface area (Å²) in [6.45, 7) is 6.23. The predicted molar refractivity (Wildman–Crippen MR) is 151 cm³/mol. The molecule has 0 unspecified atom stereocenters. The number of benzene rings is 2. The van der Waals surface area contributed by atoms with Gasteiger partial charge in [-0.05, 0) is 55.9 Å². The number of anilines is 1. The number of amides is 1. The minimum Gasteiger partial charge on any atom is -0.495 e. The number of carbonyl (C=O) groups is 1. The van der Waals surface area contributed by atoms with Crippen LogP contribution in [0.3, 0.4) is 0 Å². The number of methoxy groups -OCH3 is 1. The molecule has 2 heterocycles. The number of halogens is 3. The number of hydrogen-bond donors (Lipinski definition) is 2. The number of rotatable bonds is 9. The van der Waals surface area contributed by atoms with Crippen LogP contribution in [0.2, 0.25) is 10.2 Å². The molecule has 2 aromatic carbocycles. The third-order valence-electron chi connectivity index (χ3n) is 6.35. The van der Waals surface area contributed by atoms with Crippen LogP contribution in [0.4, 0.5) is 5.69 Å². The number of carbonyl (C=O) groups excluding carboxylic acids is 1. The van der Waals surface area contributed by atoms with E-state index in [1.807, 2.05) is 36.4 Å². The number of nitrogens with one attached hydrogen (secondary N) is 2. The minimum atomic E-state index is -0.247. The van der Waals surface area contributed by atoms with Crippen LogP contribution >= 0.6 is 39.1 Å². The first-order valence-corrected chi connectivity index (χ1v) is 13.4. The van der Waals surface area contributed by atoms with E-state index < -0.39 is 0 Å². The molecule has 192 valence electrons. The number of hydrogen-bond acceptors (Lipinski definition) is 6. The van der Waals surface area contributed by atoms with E-state index >= 15 is 0 Å². The Morgan fingerprint density at radius 2 is 1.92 bits per heavy atom.